The number of esters is 1. The molecule has 1 aliphatic rings. The highest BCUT2D eigenvalue weighted by atomic mass is 16.5. The highest BCUT2D eigenvalue weighted by Gasteiger charge is 2.13. The summed E-state index contributed by atoms with van der Waals surface area (Å²) in [7, 11) is 0. The molecule has 142 valence electrons. The van der Waals surface area contributed by atoms with Gasteiger partial charge in [0.1, 0.15) is 6.61 Å². The summed E-state index contributed by atoms with van der Waals surface area (Å²) in [6.45, 7) is 4.17. The first-order valence-electron chi connectivity index (χ1n) is 9.32. The molecule has 1 unspecified atom stereocenters. The van der Waals surface area contributed by atoms with Gasteiger partial charge in [-0.15, -0.1) is 0 Å². The van der Waals surface area contributed by atoms with E-state index in [9.17, 15) is 4.79 Å². The van der Waals surface area contributed by atoms with Crippen molar-refractivity contribution >= 4 is 11.7 Å². The van der Waals surface area contributed by atoms with Crippen molar-refractivity contribution in [3.8, 4) is 23.7 Å². The molecule has 0 saturated carbocycles. The van der Waals surface area contributed by atoms with Crippen molar-refractivity contribution in [1.82, 2.24) is 0 Å². The van der Waals surface area contributed by atoms with E-state index >= 15 is 0 Å². The number of rotatable bonds is 5. The molecule has 0 spiro atoms. The number of benzene rings is 2. The van der Waals surface area contributed by atoms with Gasteiger partial charge in [-0.2, -0.15) is 0 Å². The van der Waals surface area contributed by atoms with Gasteiger partial charge in [0, 0.05) is 0 Å². The number of carbonyl (C=O) groups excluding carboxylic acids is 1. The zero-order chi connectivity index (χ0) is 20.3. The molecule has 0 bridgehead atoms. The Balaban J connectivity index is 1.65. The molecule has 1 aliphatic carbocycles. The number of allylic oxidation sites excluding steroid dienone is 5. The van der Waals surface area contributed by atoms with Gasteiger partial charge in [0.15, 0.2) is 0 Å². The second-order valence-corrected chi connectivity index (χ2v) is 6.34. The summed E-state index contributed by atoms with van der Waals surface area (Å²) >= 11 is 0. The van der Waals surface area contributed by atoms with E-state index in [2.05, 4.69) is 35.6 Å². The van der Waals surface area contributed by atoms with Crippen LogP contribution in [0.2, 0.25) is 0 Å². The third-order valence-corrected chi connectivity index (χ3v) is 4.10. The van der Waals surface area contributed by atoms with E-state index in [1.165, 1.54) is 0 Å². The predicted molar refractivity (Wildman–Crippen MR) is 117 cm³/mol. The number of anilines is 1. The van der Waals surface area contributed by atoms with Gasteiger partial charge in [0.25, 0.3) is 0 Å². The van der Waals surface area contributed by atoms with Crippen molar-refractivity contribution in [3.63, 3.8) is 0 Å². The lowest BCUT2D eigenvalue weighted by Crippen LogP contribution is -2.09. The Morgan fingerprint density at radius 1 is 1.14 bits per heavy atom. The average molecular weight is 379 g/mol. The second-order valence-electron chi connectivity index (χ2n) is 6.34. The Labute approximate surface area is 171 Å². The Bertz CT molecular complexity index is 1060. The molecular weight excluding hydrogens is 358 g/mol. The minimum Gasteiger partial charge on any atom is -0.457 e. The van der Waals surface area contributed by atoms with E-state index < -0.39 is 5.97 Å². The molecule has 2 aromatic rings. The maximum Gasteiger partial charge on any atom is 0.340 e. The summed E-state index contributed by atoms with van der Waals surface area (Å²) < 4.78 is 5.44. The van der Waals surface area contributed by atoms with Gasteiger partial charge in [-0.1, -0.05) is 85.0 Å². The maximum absolute atomic E-state index is 12.5. The Morgan fingerprint density at radius 2 is 1.93 bits per heavy atom. The van der Waals surface area contributed by atoms with Crippen molar-refractivity contribution in [2.24, 2.45) is 5.92 Å². The van der Waals surface area contributed by atoms with Gasteiger partial charge in [-0.25, -0.2) is 4.79 Å². The largest absolute Gasteiger partial charge is 0.457 e. The van der Waals surface area contributed by atoms with Crippen LogP contribution in [0.5, 0.6) is 0 Å². The highest BCUT2D eigenvalue weighted by molar-refractivity contribution is 5.96. The van der Waals surface area contributed by atoms with Crippen LogP contribution >= 0.6 is 0 Å². The average Bonchev–Trinajstić information content (AvgIpc) is 2.72. The first kappa shape index (κ1) is 19.8. The molecule has 3 nitrogen and oxygen atoms in total. The summed E-state index contributed by atoms with van der Waals surface area (Å²) in [5.74, 6) is 11.7. The number of ether oxygens (including phenoxy) is 1. The lowest BCUT2D eigenvalue weighted by atomic mass is 10.1. The Morgan fingerprint density at radius 3 is 2.79 bits per heavy atom. The third kappa shape index (κ3) is 6.31. The van der Waals surface area contributed by atoms with Crippen LogP contribution in [0.3, 0.4) is 0 Å². The van der Waals surface area contributed by atoms with Crippen LogP contribution in [0.1, 0.15) is 22.3 Å². The molecule has 0 fully saturated rings. The molecule has 1 atom stereocenters. The smallest absolute Gasteiger partial charge is 0.340 e. The fourth-order valence-electron chi connectivity index (χ4n) is 2.64. The Hall–Kier alpha value is -3.95. The molecule has 0 heterocycles. The van der Waals surface area contributed by atoms with Crippen LogP contribution in [0.15, 0.2) is 91.2 Å². The fraction of sp³-hybridized carbons (Fsp3) is 0.115. The first-order chi connectivity index (χ1) is 14.2. The van der Waals surface area contributed by atoms with Crippen LogP contribution < -0.4 is 5.32 Å². The lowest BCUT2D eigenvalue weighted by Gasteiger charge is -2.11. The van der Waals surface area contributed by atoms with Crippen molar-refractivity contribution in [3.05, 3.63) is 102 Å². The van der Waals surface area contributed by atoms with Gasteiger partial charge in [0.2, 0.25) is 0 Å². The van der Waals surface area contributed by atoms with E-state index in [1.54, 1.807) is 24.3 Å². The van der Waals surface area contributed by atoms with Gasteiger partial charge in [-0.05, 0) is 36.1 Å². The number of hydrogen-bond acceptors (Lipinski definition) is 3. The highest BCUT2D eigenvalue weighted by Crippen LogP contribution is 2.18. The number of para-hydroxylation sites is 1. The second kappa shape index (κ2) is 10.4. The minimum atomic E-state index is -0.402. The topological polar surface area (TPSA) is 38.3 Å². The zero-order valence-corrected chi connectivity index (χ0v) is 16.0. The van der Waals surface area contributed by atoms with E-state index in [4.69, 9.17) is 4.74 Å². The quantitative estimate of drug-likeness (QED) is 0.580. The molecule has 1 N–H and O–H groups in total. The van der Waals surface area contributed by atoms with E-state index in [0.29, 0.717) is 16.9 Å². The Kier molecular flexibility index (Phi) is 7.10. The number of carbonyl (C=O) groups is 1. The zero-order valence-electron chi connectivity index (χ0n) is 16.0. The number of nitrogens with one attached hydrogen (secondary N) is 1. The molecule has 0 saturated heterocycles. The van der Waals surface area contributed by atoms with E-state index in [-0.39, 0.29) is 12.5 Å². The standard InChI is InChI=1S/C26H21NO2/c1-21(18-19-22-12-6-3-2-4-7-13-22)27-25-17-11-10-16-24(25)26(28)29-20-23-14-8-5-9-15-23/h2-6,8-11,14-17,22,27H,1,12,20H2/b4-2-,6-3-. The lowest BCUT2D eigenvalue weighted by molar-refractivity contribution is 0.0474. The minimum absolute atomic E-state index is 0.0548. The van der Waals surface area contributed by atoms with Crippen molar-refractivity contribution in [1.29, 1.82) is 0 Å². The molecule has 3 heteroatoms. The molecular formula is C26H21NO2. The number of hydrogen-bond donors (Lipinski definition) is 1. The normalized spacial score (nSPS) is 16.5. The fourth-order valence-corrected chi connectivity index (χ4v) is 2.64. The molecule has 0 radical (unpaired) electrons. The van der Waals surface area contributed by atoms with Crippen LogP contribution in [0.4, 0.5) is 5.69 Å². The predicted octanol–water partition coefficient (Wildman–Crippen LogP) is 5.11. The molecule has 0 amide bonds. The van der Waals surface area contributed by atoms with Crippen molar-refractivity contribution in [2.45, 2.75) is 13.0 Å². The van der Waals surface area contributed by atoms with Crippen LogP contribution in [-0.2, 0) is 11.3 Å². The summed E-state index contributed by atoms with van der Waals surface area (Å²) in [5.41, 5.74) is 2.48. The third-order valence-electron chi connectivity index (χ3n) is 4.10. The summed E-state index contributed by atoms with van der Waals surface area (Å²) in [6, 6.07) is 16.7. The first-order valence-corrected chi connectivity index (χ1v) is 9.32. The monoisotopic (exact) mass is 379 g/mol. The SMILES string of the molecule is C=C(C#CC1C#C/C=C\C=C/C1)Nc1ccccc1C(=O)OCc1ccccc1. The van der Waals surface area contributed by atoms with Gasteiger partial charge in [-0.3, -0.25) is 0 Å². The summed E-state index contributed by atoms with van der Waals surface area (Å²) in [6.07, 6.45) is 8.48. The molecule has 0 aromatic heterocycles. The van der Waals surface area contributed by atoms with E-state index in [0.717, 1.165) is 12.0 Å². The van der Waals surface area contributed by atoms with Crippen molar-refractivity contribution in [2.75, 3.05) is 5.32 Å². The van der Waals surface area contributed by atoms with Gasteiger partial charge in [0.05, 0.1) is 22.9 Å². The summed E-state index contributed by atoms with van der Waals surface area (Å²) in [4.78, 5) is 12.5. The van der Waals surface area contributed by atoms with Crippen molar-refractivity contribution < 1.29 is 9.53 Å². The molecule has 0 aliphatic heterocycles. The molecule has 29 heavy (non-hydrogen) atoms. The van der Waals surface area contributed by atoms with E-state index in [1.807, 2.05) is 54.6 Å². The van der Waals surface area contributed by atoms with Crippen LogP contribution in [0, 0.1) is 29.6 Å². The van der Waals surface area contributed by atoms with Gasteiger partial charge < -0.3 is 10.1 Å². The van der Waals surface area contributed by atoms with Gasteiger partial charge >= 0.3 is 5.97 Å². The molecule has 3 rings (SSSR count). The summed E-state index contributed by atoms with van der Waals surface area (Å²) in [5, 5.41) is 3.11. The molecule has 2 aromatic carbocycles. The van der Waals surface area contributed by atoms with Crippen LogP contribution in [0.25, 0.3) is 0 Å². The maximum atomic E-state index is 12.5. The van der Waals surface area contributed by atoms with Crippen LogP contribution in [-0.4, -0.2) is 5.97 Å².